The minimum atomic E-state index is 0.0961. The molecule has 1 rings (SSSR count). The van der Waals surface area contributed by atoms with Crippen LogP contribution >= 0.6 is 11.6 Å². The Kier molecular flexibility index (Phi) is 4.37. The molecule has 80 valence electrons. The van der Waals surface area contributed by atoms with Crippen molar-refractivity contribution in [2.24, 2.45) is 0 Å². The fraction of sp³-hybridized carbons (Fsp3) is 0.250. The molecule has 0 heterocycles. The van der Waals surface area contributed by atoms with E-state index in [0.717, 1.165) is 12.8 Å². The number of Topliss-reactive ketones (excluding diaryl/α,β-unsaturated/α-hetero) is 1. The summed E-state index contributed by atoms with van der Waals surface area (Å²) in [6.07, 6.45) is 4.01. The lowest BCUT2D eigenvalue weighted by atomic mass is 10.1. The van der Waals surface area contributed by atoms with Gasteiger partial charge in [-0.3, -0.25) is 4.79 Å². The van der Waals surface area contributed by atoms with Gasteiger partial charge in [-0.25, -0.2) is 0 Å². The molecular formula is C12H14ClNO. The summed E-state index contributed by atoms with van der Waals surface area (Å²) in [6.45, 7) is 3.61. The average Bonchev–Trinajstić information content (AvgIpc) is 2.22. The van der Waals surface area contributed by atoms with Crippen molar-refractivity contribution in [3.05, 3.63) is 41.4 Å². The molecule has 15 heavy (non-hydrogen) atoms. The monoisotopic (exact) mass is 223 g/mol. The molecule has 0 fully saturated rings. The Morgan fingerprint density at radius 1 is 1.53 bits per heavy atom. The van der Waals surface area contributed by atoms with Gasteiger partial charge in [0.05, 0.1) is 10.7 Å². The molecule has 0 radical (unpaired) electrons. The first-order chi connectivity index (χ1) is 7.15. The summed E-state index contributed by atoms with van der Waals surface area (Å²) in [5.41, 5.74) is 6.68. The number of hydrogen-bond acceptors (Lipinski definition) is 2. The highest BCUT2D eigenvalue weighted by atomic mass is 35.5. The number of rotatable bonds is 5. The quantitative estimate of drug-likeness (QED) is 0.360. The van der Waals surface area contributed by atoms with Crippen molar-refractivity contribution in [3.63, 3.8) is 0 Å². The number of anilines is 1. The largest absolute Gasteiger partial charge is 0.398 e. The van der Waals surface area contributed by atoms with E-state index in [2.05, 4.69) is 6.58 Å². The summed E-state index contributed by atoms with van der Waals surface area (Å²) in [6, 6.07) is 4.98. The van der Waals surface area contributed by atoms with Crippen LogP contribution in [0.2, 0.25) is 5.02 Å². The third-order valence-corrected chi connectivity index (χ3v) is 2.46. The van der Waals surface area contributed by atoms with Crippen molar-refractivity contribution in [1.29, 1.82) is 0 Å². The predicted molar refractivity (Wildman–Crippen MR) is 64.2 cm³/mol. The number of nitrogens with two attached hydrogens (primary N) is 1. The standard InChI is InChI=1S/C12H14ClNO/c1-2-3-4-5-12(15)9-6-7-11(14)10(13)8-9/h2,6-8H,1,3-5,14H2. The van der Waals surface area contributed by atoms with Crippen LogP contribution < -0.4 is 5.73 Å². The van der Waals surface area contributed by atoms with E-state index in [0.29, 0.717) is 22.7 Å². The van der Waals surface area contributed by atoms with Crippen LogP contribution in [0.4, 0.5) is 5.69 Å². The summed E-state index contributed by atoms with van der Waals surface area (Å²) in [5.74, 6) is 0.0961. The second kappa shape index (κ2) is 5.56. The summed E-state index contributed by atoms with van der Waals surface area (Å²) in [7, 11) is 0. The van der Waals surface area contributed by atoms with Gasteiger partial charge in [0.25, 0.3) is 0 Å². The zero-order valence-corrected chi connectivity index (χ0v) is 9.26. The number of unbranched alkanes of at least 4 members (excludes halogenated alkanes) is 1. The summed E-state index contributed by atoms with van der Waals surface area (Å²) in [5, 5.41) is 0.435. The summed E-state index contributed by atoms with van der Waals surface area (Å²) >= 11 is 5.83. The third-order valence-electron chi connectivity index (χ3n) is 2.13. The van der Waals surface area contributed by atoms with Crippen LogP contribution in [0.3, 0.4) is 0 Å². The Morgan fingerprint density at radius 3 is 2.87 bits per heavy atom. The van der Waals surface area contributed by atoms with Gasteiger partial charge in [0.1, 0.15) is 0 Å². The van der Waals surface area contributed by atoms with E-state index in [1.807, 2.05) is 6.08 Å². The molecule has 0 bridgehead atoms. The molecule has 0 aliphatic rings. The molecule has 0 aliphatic carbocycles. The molecular weight excluding hydrogens is 210 g/mol. The highest BCUT2D eigenvalue weighted by molar-refractivity contribution is 6.33. The van der Waals surface area contributed by atoms with E-state index in [4.69, 9.17) is 17.3 Å². The second-order valence-electron chi connectivity index (χ2n) is 3.34. The first kappa shape index (κ1) is 11.8. The van der Waals surface area contributed by atoms with Gasteiger partial charge >= 0.3 is 0 Å². The van der Waals surface area contributed by atoms with Gasteiger partial charge in [0.2, 0.25) is 0 Å². The van der Waals surface area contributed by atoms with E-state index in [-0.39, 0.29) is 5.78 Å². The maximum atomic E-state index is 11.6. The molecule has 0 amide bonds. The van der Waals surface area contributed by atoms with Gasteiger partial charge in [0, 0.05) is 12.0 Å². The molecule has 0 saturated carbocycles. The van der Waals surface area contributed by atoms with Crippen LogP contribution in [0.25, 0.3) is 0 Å². The van der Waals surface area contributed by atoms with Crippen molar-refractivity contribution in [2.45, 2.75) is 19.3 Å². The molecule has 0 aromatic heterocycles. The van der Waals surface area contributed by atoms with Crippen LogP contribution in [-0.4, -0.2) is 5.78 Å². The molecule has 3 heteroatoms. The Balaban J connectivity index is 2.65. The Hall–Kier alpha value is -1.28. The first-order valence-electron chi connectivity index (χ1n) is 4.84. The zero-order valence-electron chi connectivity index (χ0n) is 8.50. The maximum Gasteiger partial charge on any atom is 0.162 e. The lowest BCUT2D eigenvalue weighted by Gasteiger charge is -2.02. The lowest BCUT2D eigenvalue weighted by Crippen LogP contribution is -1.99. The smallest absolute Gasteiger partial charge is 0.162 e. The van der Waals surface area contributed by atoms with Crippen LogP contribution in [0.15, 0.2) is 30.9 Å². The highest BCUT2D eigenvalue weighted by Gasteiger charge is 2.06. The van der Waals surface area contributed by atoms with Gasteiger partial charge in [-0.05, 0) is 31.0 Å². The molecule has 2 N–H and O–H groups in total. The van der Waals surface area contributed by atoms with Crippen molar-refractivity contribution in [3.8, 4) is 0 Å². The normalized spacial score (nSPS) is 9.93. The minimum absolute atomic E-state index is 0.0961. The average molecular weight is 224 g/mol. The van der Waals surface area contributed by atoms with Gasteiger partial charge < -0.3 is 5.73 Å². The van der Waals surface area contributed by atoms with Crippen LogP contribution in [-0.2, 0) is 0 Å². The summed E-state index contributed by atoms with van der Waals surface area (Å²) in [4.78, 5) is 11.6. The van der Waals surface area contributed by atoms with E-state index in [9.17, 15) is 4.79 Å². The van der Waals surface area contributed by atoms with Crippen LogP contribution in [0, 0.1) is 0 Å². The SMILES string of the molecule is C=CCCCC(=O)c1ccc(N)c(Cl)c1. The molecule has 1 aromatic carbocycles. The van der Waals surface area contributed by atoms with Gasteiger partial charge in [-0.2, -0.15) is 0 Å². The topological polar surface area (TPSA) is 43.1 Å². The van der Waals surface area contributed by atoms with E-state index in [1.165, 1.54) is 0 Å². The molecule has 2 nitrogen and oxygen atoms in total. The van der Waals surface area contributed by atoms with Crippen molar-refractivity contribution in [1.82, 2.24) is 0 Å². The minimum Gasteiger partial charge on any atom is -0.398 e. The molecule has 0 aliphatic heterocycles. The highest BCUT2D eigenvalue weighted by Crippen LogP contribution is 2.20. The predicted octanol–water partition coefficient (Wildman–Crippen LogP) is 3.46. The van der Waals surface area contributed by atoms with E-state index in [1.54, 1.807) is 18.2 Å². The first-order valence-corrected chi connectivity index (χ1v) is 5.22. The number of carbonyl (C=O) groups is 1. The third kappa shape index (κ3) is 3.40. The number of hydrogen-bond donors (Lipinski definition) is 1. The zero-order chi connectivity index (χ0) is 11.3. The molecule has 0 atom stereocenters. The number of allylic oxidation sites excluding steroid dienone is 1. The van der Waals surface area contributed by atoms with Gasteiger partial charge in [-0.15, -0.1) is 6.58 Å². The fourth-order valence-electron chi connectivity index (χ4n) is 1.25. The van der Waals surface area contributed by atoms with E-state index < -0.39 is 0 Å². The van der Waals surface area contributed by atoms with Crippen molar-refractivity contribution < 1.29 is 4.79 Å². The van der Waals surface area contributed by atoms with Crippen molar-refractivity contribution >= 4 is 23.1 Å². The Labute approximate surface area is 94.7 Å². The molecule has 0 saturated heterocycles. The van der Waals surface area contributed by atoms with E-state index >= 15 is 0 Å². The number of ketones is 1. The molecule has 0 unspecified atom stereocenters. The molecule has 0 spiro atoms. The van der Waals surface area contributed by atoms with Crippen LogP contribution in [0.1, 0.15) is 29.6 Å². The number of benzene rings is 1. The number of carbonyl (C=O) groups excluding carboxylic acids is 1. The fourth-order valence-corrected chi connectivity index (χ4v) is 1.43. The summed E-state index contributed by atoms with van der Waals surface area (Å²) < 4.78 is 0. The number of nitrogen functional groups attached to an aromatic ring is 1. The maximum absolute atomic E-state index is 11.6. The Morgan fingerprint density at radius 2 is 2.27 bits per heavy atom. The van der Waals surface area contributed by atoms with Crippen LogP contribution in [0.5, 0.6) is 0 Å². The molecule has 1 aromatic rings. The number of halogens is 1. The van der Waals surface area contributed by atoms with Gasteiger partial charge in [-0.1, -0.05) is 17.7 Å². The second-order valence-corrected chi connectivity index (χ2v) is 3.75. The van der Waals surface area contributed by atoms with Crippen molar-refractivity contribution in [2.75, 3.05) is 5.73 Å². The lowest BCUT2D eigenvalue weighted by molar-refractivity contribution is 0.0980. The van der Waals surface area contributed by atoms with Gasteiger partial charge in [0.15, 0.2) is 5.78 Å². The Bertz CT molecular complexity index is 374.